The number of esters is 1. The van der Waals surface area contributed by atoms with Gasteiger partial charge in [-0.05, 0) is 13.3 Å². The Morgan fingerprint density at radius 2 is 2.26 bits per heavy atom. The number of sulfonamides is 1. The van der Waals surface area contributed by atoms with E-state index in [0.717, 1.165) is 0 Å². The molecule has 0 spiro atoms. The van der Waals surface area contributed by atoms with Gasteiger partial charge in [0.25, 0.3) is 10.0 Å². The van der Waals surface area contributed by atoms with E-state index in [-0.39, 0.29) is 29.1 Å². The Kier molecular flexibility index (Phi) is 5.77. The summed E-state index contributed by atoms with van der Waals surface area (Å²) in [6, 6.07) is 0. The zero-order chi connectivity index (χ0) is 14.5. The Morgan fingerprint density at radius 1 is 1.58 bits per heavy atom. The molecule has 0 atom stereocenters. The number of rotatable bonds is 7. The lowest BCUT2D eigenvalue weighted by molar-refractivity contribution is -0.143. The van der Waals surface area contributed by atoms with Gasteiger partial charge in [-0.25, -0.2) is 18.1 Å². The number of hydrogen-bond acceptors (Lipinski definition) is 5. The minimum atomic E-state index is -3.75. The van der Waals surface area contributed by atoms with Gasteiger partial charge in [0.15, 0.2) is 0 Å². The average molecular weight is 310 g/mol. The fourth-order valence-electron chi connectivity index (χ4n) is 1.31. The van der Waals surface area contributed by atoms with Crippen LogP contribution in [0.3, 0.4) is 0 Å². The van der Waals surface area contributed by atoms with Crippen molar-refractivity contribution >= 4 is 27.6 Å². The number of nitrogens with zero attached hydrogens (tertiary/aromatic N) is 2. The number of aromatic nitrogens is 2. The first-order chi connectivity index (χ1) is 8.88. The van der Waals surface area contributed by atoms with Gasteiger partial charge in [0.2, 0.25) is 5.03 Å². The monoisotopic (exact) mass is 309 g/mol. The van der Waals surface area contributed by atoms with E-state index in [0.29, 0.717) is 13.0 Å². The molecule has 0 bridgehead atoms. The van der Waals surface area contributed by atoms with E-state index in [1.807, 2.05) is 0 Å². The lowest BCUT2D eigenvalue weighted by atomic mass is 10.3. The van der Waals surface area contributed by atoms with Crippen LogP contribution in [0.4, 0.5) is 0 Å². The van der Waals surface area contributed by atoms with Crippen LogP contribution in [0.1, 0.15) is 19.8 Å². The number of aryl methyl sites for hydroxylation is 1. The van der Waals surface area contributed by atoms with Gasteiger partial charge in [-0.15, -0.1) is 0 Å². The smallest absolute Gasteiger partial charge is 0.305 e. The van der Waals surface area contributed by atoms with Crippen molar-refractivity contribution in [3.63, 3.8) is 0 Å². The van der Waals surface area contributed by atoms with Crippen molar-refractivity contribution in [2.45, 2.75) is 24.8 Å². The quantitative estimate of drug-likeness (QED) is 0.591. The van der Waals surface area contributed by atoms with E-state index >= 15 is 0 Å². The molecule has 7 nitrogen and oxygen atoms in total. The Balaban J connectivity index is 2.49. The van der Waals surface area contributed by atoms with E-state index in [1.165, 1.54) is 10.9 Å². The van der Waals surface area contributed by atoms with Crippen molar-refractivity contribution in [1.29, 1.82) is 0 Å². The molecule has 0 aliphatic carbocycles. The second kappa shape index (κ2) is 6.88. The summed E-state index contributed by atoms with van der Waals surface area (Å²) < 4.78 is 32.2. The van der Waals surface area contributed by atoms with E-state index in [2.05, 4.69) is 9.71 Å². The van der Waals surface area contributed by atoms with Crippen molar-refractivity contribution in [2.24, 2.45) is 7.05 Å². The molecule has 0 radical (unpaired) electrons. The predicted octanol–water partition coefficient (Wildman–Crippen LogP) is 0.695. The van der Waals surface area contributed by atoms with Crippen molar-refractivity contribution in [1.82, 2.24) is 14.3 Å². The van der Waals surface area contributed by atoms with Crippen molar-refractivity contribution in [3.8, 4) is 0 Å². The Hall–Kier alpha value is -1.12. The lowest BCUT2D eigenvalue weighted by Gasteiger charge is -2.05. The fraction of sp³-hybridized carbons (Fsp3) is 0.600. The van der Waals surface area contributed by atoms with Crippen LogP contribution in [-0.4, -0.2) is 37.1 Å². The molecule has 0 unspecified atom stereocenters. The summed E-state index contributed by atoms with van der Waals surface area (Å²) in [4.78, 5) is 14.8. The first-order valence-corrected chi connectivity index (χ1v) is 7.56. The predicted molar refractivity (Wildman–Crippen MR) is 69.3 cm³/mol. The molecule has 1 N–H and O–H groups in total. The van der Waals surface area contributed by atoms with Crippen molar-refractivity contribution in [2.75, 3.05) is 13.2 Å². The van der Waals surface area contributed by atoms with E-state index < -0.39 is 10.0 Å². The second-order valence-electron chi connectivity index (χ2n) is 3.76. The summed E-state index contributed by atoms with van der Waals surface area (Å²) in [7, 11) is -2.15. The third-order valence-electron chi connectivity index (χ3n) is 2.24. The third kappa shape index (κ3) is 4.48. The summed E-state index contributed by atoms with van der Waals surface area (Å²) in [5.74, 6) is -0.349. The van der Waals surface area contributed by atoms with E-state index in [9.17, 15) is 13.2 Å². The van der Waals surface area contributed by atoms with Gasteiger partial charge in [-0.1, -0.05) is 11.6 Å². The topological polar surface area (TPSA) is 90.3 Å². The molecule has 108 valence electrons. The molecule has 0 amide bonds. The molecule has 0 aliphatic rings. The third-order valence-corrected chi connectivity index (χ3v) is 4.19. The normalized spacial score (nSPS) is 11.5. The number of halogens is 1. The summed E-state index contributed by atoms with van der Waals surface area (Å²) in [6.45, 7) is 2.14. The molecule has 1 rings (SSSR count). The molecule has 1 aromatic heterocycles. The van der Waals surface area contributed by atoms with Crippen LogP contribution in [0.25, 0.3) is 0 Å². The highest BCUT2D eigenvalue weighted by molar-refractivity contribution is 7.89. The van der Waals surface area contributed by atoms with Crippen LogP contribution in [0.5, 0.6) is 0 Å². The fourth-order valence-corrected chi connectivity index (χ4v) is 2.81. The number of imidazole rings is 1. The highest BCUT2D eigenvalue weighted by Crippen LogP contribution is 2.18. The van der Waals surface area contributed by atoms with Gasteiger partial charge in [0.1, 0.15) is 5.15 Å². The zero-order valence-corrected chi connectivity index (χ0v) is 12.3. The molecule has 19 heavy (non-hydrogen) atoms. The second-order valence-corrected chi connectivity index (χ2v) is 5.80. The van der Waals surface area contributed by atoms with Crippen LogP contribution in [0.15, 0.2) is 11.4 Å². The SMILES string of the molecule is CCOC(=O)CCCNS(=O)(=O)c1ncn(C)c1Cl. The minimum absolute atomic E-state index is 0.0397. The largest absolute Gasteiger partial charge is 0.466 e. The molecule has 9 heteroatoms. The van der Waals surface area contributed by atoms with Crippen LogP contribution >= 0.6 is 11.6 Å². The van der Waals surface area contributed by atoms with Crippen molar-refractivity contribution < 1.29 is 17.9 Å². The van der Waals surface area contributed by atoms with Crippen LogP contribution < -0.4 is 4.72 Å². The molecular weight excluding hydrogens is 294 g/mol. The first kappa shape index (κ1) is 15.9. The molecule has 0 aliphatic heterocycles. The maximum absolute atomic E-state index is 11.8. The van der Waals surface area contributed by atoms with Gasteiger partial charge in [-0.3, -0.25) is 4.79 Å². The molecule has 0 saturated carbocycles. The molecule has 1 aromatic rings. The van der Waals surface area contributed by atoms with E-state index in [1.54, 1.807) is 14.0 Å². The summed E-state index contributed by atoms with van der Waals surface area (Å²) in [5.41, 5.74) is 0. The molecule has 1 heterocycles. The number of hydrogen-bond donors (Lipinski definition) is 1. The van der Waals surface area contributed by atoms with Gasteiger partial charge >= 0.3 is 5.97 Å². The van der Waals surface area contributed by atoms with E-state index in [4.69, 9.17) is 16.3 Å². The van der Waals surface area contributed by atoms with Gasteiger partial charge in [0, 0.05) is 20.0 Å². The maximum atomic E-state index is 11.8. The Labute approximate surface area is 117 Å². The molecule has 0 fully saturated rings. The Morgan fingerprint density at radius 3 is 2.79 bits per heavy atom. The maximum Gasteiger partial charge on any atom is 0.305 e. The summed E-state index contributed by atoms with van der Waals surface area (Å²) in [6.07, 6.45) is 1.82. The van der Waals surface area contributed by atoms with Gasteiger partial charge in [-0.2, -0.15) is 0 Å². The number of ether oxygens (including phenoxy) is 1. The lowest BCUT2D eigenvalue weighted by Crippen LogP contribution is -2.26. The first-order valence-electron chi connectivity index (χ1n) is 5.70. The number of carbonyl (C=O) groups excluding carboxylic acids is 1. The zero-order valence-electron chi connectivity index (χ0n) is 10.7. The highest BCUT2D eigenvalue weighted by atomic mass is 35.5. The highest BCUT2D eigenvalue weighted by Gasteiger charge is 2.21. The van der Waals surface area contributed by atoms with Gasteiger partial charge in [0.05, 0.1) is 12.9 Å². The van der Waals surface area contributed by atoms with Gasteiger partial charge < -0.3 is 9.30 Å². The molecule has 0 aromatic carbocycles. The standard InChI is InChI=1S/C10H16ClN3O4S/c1-3-18-8(15)5-4-6-13-19(16,17)10-9(11)14(2)7-12-10/h7,13H,3-6H2,1-2H3. The van der Waals surface area contributed by atoms with Crippen molar-refractivity contribution in [3.05, 3.63) is 11.5 Å². The molecular formula is C10H16ClN3O4S. The summed E-state index contributed by atoms with van der Waals surface area (Å²) >= 11 is 5.80. The van der Waals surface area contributed by atoms with Crippen LogP contribution in [-0.2, 0) is 26.6 Å². The Bertz CT molecular complexity index is 541. The number of nitrogens with one attached hydrogen (secondary N) is 1. The minimum Gasteiger partial charge on any atom is -0.466 e. The molecule has 0 saturated heterocycles. The van der Waals surface area contributed by atoms with Crippen LogP contribution in [0, 0.1) is 0 Å². The summed E-state index contributed by atoms with van der Waals surface area (Å²) in [5, 5.41) is -0.175. The van der Waals surface area contributed by atoms with Crippen LogP contribution in [0.2, 0.25) is 5.15 Å². The average Bonchev–Trinajstić information content (AvgIpc) is 2.67. The number of carbonyl (C=O) groups is 1.